The Morgan fingerprint density at radius 2 is 2.00 bits per heavy atom. The molecule has 0 aliphatic heterocycles. The number of aldehydes is 1. The third kappa shape index (κ3) is 1.83. The number of rotatable bonds is 3. The molecule has 1 N–H and O–H groups in total. The monoisotopic (exact) mass is 165 g/mol. The number of para-hydroxylation sites is 1. The van der Waals surface area contributed by atoms with Crippen molar-refractivity contribution < 1.29 is 10.0 Å². The summed E-state index contributed by atoms with van der Waals surface area (Å²) in [6.07, 6.45) is 0.688. The van der Waals surface area contributed by atoms with Gasteiger partial charge in [-0.05, 0) is 19.1 Å². The van der Waals surface area contributed by atoms with Crippen LogP contribution in [-0.4, -0.2) is 17.5 Å². The van der Waals surface area contributed by atoms with Crippen molar-refractivity contribution in [2.75, 3.05) is 5.06 Å². The Balaban J connectivity index is 2.78. The van der Waals surface area contributed by atoms with E-state index in [0.29, 0.717) is 12.0 Å². The zero-order valence-corrected chi connectivity index (χ0v) is 6.84. The molecule has 3 heteroatoms. The molecule has 3 nitrogen and oxygen atoms in total. The molecule has 64 valence electrons. The first-order chi connectivity index (χ1) is 5.75. The van der Waals surface area contributed by atoms with Crippen LogP contribution in [0.4, 0.5) is 5.69 Å². The number of hydroxylamine groups is 1. The fourth-order valence-corrected chi connectivity index (χ4v) is 0.874. The van der Waals surface area contributed by atoms with E-state index in [9.17, 15) is 10.0 Å². The van der Waals surface area contributed by atoms with Gasteiger partial charge < -0.3 is 4.79 Å². The molecular formula is C9H11NO2. The Bertz CT molecular complexity index is 248. The van der Waals surface area contributed by atoms with E-state index in [2.05, 4.69) is 0 Å². The molecular weight excluding hydrogens is 154 g/mol. The highest BCUT2D eigenvalue weighted by atomic mass is 16.5. The molecule has 0 fully saturated rings. The second-order valence-electron chi connectivity index (χ2n) is 2.56. The second kappa shape index (κ2) is 3.88. The van der Waals surface area contributed by atoms with Crippen LogP contribution in [0, 0.1) is 0 Å². The van der Waals surface area contributed by atoms with E-state index in [1.165, 1.54) is 0 Å². The van der Waals surface area contributed by atoms with Crippen molar-refractivity contribution in [1.82, 2.24) is 0 Å². The zero-order chi connectivity index (χ0) is 8.97. The van der Waals surface area contributed by atoms with Crippen molar-refractivity contribution in [3.63, 3.8) is 0 Å². The minimum absolute atomic E-state index is 0.507. The fourth-order valence-electron chi connectivity index (χ4n) is 0.874. The van der Waals surface area contributed by atoms with Gasteiger partial charge in [0, 0.05) is 0 Å². The van der Waals surface area contributed by atoms with Crippen LogP contribution in [0.1, 0.15) is 6.92 Å². The molecule has 1 atom stereocenters. The van der Waals surface area contributed by atoms with Crippen LogP contribution in [0.15, 0.2) is 30.3 Å². The third-order valence-corrected chi connectivity index (χ3v) is 1.60. The fraction of sp³-hybridized carbons (Fsp3) is 0.222. The smallest absolute Gasteiger partial charge is 0.144 e. The van der Waals surface area contributed by atoms with Crippen LogP contribution in [0.3, 0.4) is 0 Å². The van der Waals surface area contributed by atoms with E-state index < -0.39 is 6.04 Å². The molecule has 0 heterocycles. The molecule has 0 amide bonds. The van der Waals surface area contributed by atoms with Crippen LogP contribution in [-0.2, 0) is 4.79 Å². The maximum atomic E-state index is 10.3. The molecule has 1 unspecified atom stereocenters. The van der Waals surface area contributed by atoms with E-state index in [1.807, 2.05) is 6.07 Å². The normalized spacial score (nSPS) is 12.2. The summed E-state index contributed by atoms with van der Waals surface area (Å²) >= 11 is 0. The molecule has 12 heavy (non-hydrogen) atoms. The Morgan fingerprint density at radius 1 is 1.42 bits per heavy atom. The van der Waals surface area contributed by atoms with Crippen LogP contribution in [0.5, 0.6) is 0 Å². The van der Waals surface area contributed by atoms with Crippen molar-refractivity contribution in [2.24, 2.45) is 0 Å². The van der Waals surface area contributed by atoms with E-state index in [-0.39, 0.29) is 0 Å². The Hall–Kier alpha value is -1.35. The number of anilines is 1. The SMILES string of the molecule is CC(C=O)N(O)c1ccccc1. The van der Waals surface area contributed by atoms with Gasteiger partial charge in [0.05, 0.1) is 5.69 Å². The highest BCUT2D eigenvalue weighted by Gasteiger charge is 2.09. The number of carbonyl (C=O) groups is 1. The van der Waals surface area contributed by atoms with Crippen molar-refractivity contribution in [3.8, 4) is 0 Å². The molecule has 0 aliphatic rings. The largest absolute Gasteiger partial charge is 0.301 e. The highest BCUT2D eigenvalue weighted by Crippen LogP contribution is 2.12. The lowest BCUT2D eigenvalue weighted by atomic mass is 10.3. The summed E-state index contributed by atoms with van der Waals surface area (Å²) in [6, 6.07) is 8.42. The van der Waals surface area contributed by atoms with Crippen LogP contribution >= 0.6 is 0 Å². The van der Waals surface area contributed by atoms with Gasteiger partial charge in [-0.3, -0.25) is 5.21 Å². The Kier molecular flexibility index (Phi) is 2.82. The molecule has 0 aromatic heterocycles. The lowest BCUT2D eigenvalue weighted by Gasteiger charge is -2.19. The average Bonchev–Trinajstić information content (AvgIpc) is 2.17. The molecule has 1 aromatic rings. The van der Waals surface area contributed by atoms with Gasteiger partial charge in [-0.1, -0.05) is 18.2 Å². The lowest BCUT2D eigenvalue weighted by molar-refractivity contribution is -0.109. The molecule has 0 saturated carbocycles. The predicted octanol–water partition coefficient (Wildman–Crippen LogP) is 1.47. The lowest BCUT2D eigenvalue weighted by Crippen LogP contribution is -2.30. The Labute approximate surface area is 71.2 Å². The van der Waals surface area contributed by atoms with Gasteiger partial charge in [0.15, 0.2) is 0 Å². The maximum absolute atomic E-state index is 10.3. The number of benzene rings is 1. The summed E-state index contributed by atoms with van der Waals surface area (Å²) < 4.78 is 0. The highest BCUT2D eigenvalue weighted by molar-refractivity contribution is 5.63. The first-order valence-corrected chi connectivity index (χ1v) is 3.74. The van der Waals surface area contributed by atoms with Gasteiger partial charge in [0.25, 0.3) is 0 Å². The van der Waals surface area contributed by atoms with Crippen molar-refractivity contribution in [1.29, 1.82) is 0 Å². The minimum Gasteiger partial charge on any atom is -0.301 e. The van der Waals surface area contributed by atoms with Crippen LogP contribution < -0.4 is 5.06 Å². The number of carbonyl (C=O) groups excluding carboxylic acids is 1. The van der Waals surface area contributed by atoms with Gasteiger partial charge in [0.2, 0.25) is 0 Å². The standard InChI is InChI=1S/C9H11NO2/c1-8(7-11)10(12)9-5-3-2-4-6-9/h2-8,12H,1H3. The third-order valence-electron chi connectivity index (χ3n) is 1.60. The minimum atomic E-state index is -0.507. The zero-order valence-electron chi connectivity index (χ0n) is 6.84. The topological polar surface area (TPSA) is 40.5 Å². The molecule has 0 radical (unpaired) electrons. The maximum Gasteiger partial charge on any atom is 0.144 e. The van der Waals surface area contributed by atoms with E-state index in [1.54, 1.807) is 31.2 Å². The van der Waals surface area contributed by atoms with E-state index in [4.69, 9.17) is 0 Å². The molecule has 1 aromatic carbocycles. The molecule has 0 bridgehead atoms. The van der Waals surface area contributed by atoms with Gasteiger partial charge in [0.1, 0.15) is 12.3 Å². The van der Waals surface area contributed by atoms with Crippen molar-refractivity contribution in [3.05, 3.63) is 30.3 Å². The van der Waals surface area contributed by atoms with Gasteiger partial charge in [-0.15, -0.1) is 0 Å². The summed E-state index contributed by atoms with van der Waals surface area (Å²) in [5.74, 6) is 0. The summed E-state index contributed by atoms with van der Waals surface area (Å²) in [5.41, 5.74) is 0.622. The Morgan fingerprint density at radius 3 is 2.50 bits per heavy atom. The number of nitrogens with zero attached hydrogens (tertiary/aromatic N) is 1. The number of hydrogen-bond acceptors (Lipinski definition) is 3. The quantitative estimate of drug-likeness (QED) is 0.544. The van der Waals surface area contributed by atoms with Crippen molar-refractivity contribution in [2.45, 2.75) is 13.0 Å². The molecule has 0 spiro atoms. The predicted molar refractivity (Wildman–Crippen MR) is 46.2 cm³/mol. The first-order valence-electron chi connectivity index (χ1n) is 3.74. The van der Waals surface area contributed by atoms with Crippen LogP contribution in [0.2, 0.25) is 0 Å². The van der Waals surface area contributed by atoms with Gasteiger partial charge in [-0.25, -0.2) is 5.06 Å². The summed E-state index contributed by atoms with van der Waals surface area (Å²) in [5, 5.41) is 10.3. The first kappa shape index (κ1) is 8.74. The van der Waals surface area contributed by atoms with E-state index >= 15 is 0 Å². The summed E-state index contributed by atoms with van der Waals surface area (Å²) in [4.78, 5) is 10.3. The summed E-state index contributed by atoms with van der Waals surface area (Å²) in [6.45, 7) is 1.62. The molecule has 0 aliphatic carbocycles. The second-order valence-corrected chi connectivity index (χ2v) is 2.56. The van der Waals surface area contributed by atoms with Gasteiger partial charge in [-0.2, -0.15) is 0 Å². The van der Waals surface area contributed by atoms with Gasteiger partial charge >= 0.3 is 0 Å². The average molecular weight is 165 g/mol. The van der Waals surface area contributed by atoms with Crippen LogP contribution in [0.25, 0.3) is 0 Å². The molecule has 0 saturated heterocycles. The summed E-state index contributed by atoms with van der Waals surface area (Å²) in [7, 11) is 0. The van der Waals surface area contributed by atoms with E-state index in [0.717, 1.165) is 5.06 Å². The molecule has 1 rings (SSSR count). The van der Waals surface area contributed by atoms with Crippen molar-refractivity contribution >= 4 is 12.0 Å². The number of hydrogen-bond donors (Lipinski definition) is 1.